The lowest BCUT2D eigenvalue weighted by molar-refractivity contribution is 0.0963. The van der Waals surface area contributed by atoms with Gasteiger partial charge in [-0.1, -0.05) is 11.6 Å². The third-order valence-corrected chi connectivity index (χ3v) is 1.88. The SMILES string of the molecule is CNC(=O)c1ccc(C#N)cc1Cl. The van der Waals surface area contributed by atoms with E-state index >= 15 is 0 Å². The lowest BCUT2D eigenvalue weighted by Crippen LogP contribution is -2.18. The predicted octanol–water partition coefficient (Wildman–Crippen LogP) is 1.57. The summed E-state index contributed by atoms with van der Waals surface area (Å²) in [7, 11) is 1.52. The number of halogens is 1. The van der Waals surface area contributed by atoms with E-state index in [0.717, 1.165) is 0 Å². The molecule has 1 rings (SSSR count). The number of rotatable bonds is 1. The molecule has 1 aromatic carbocycles. The van der Waals surface area contributed by atoms with Crippen LogP contribution in [0.25, 0.3) is 0 Å². The first-order valence-corrected chi connectivity index (χ1v) is 3.98. The average molecular weight is 195 g/mol. The summed E-state index contributed by atoms with van der Waals surface area (Å²) in [5, 5.41) is 11.3. The summed E-state index contributed by atoms with van der Waals surface area (Å²) in [5.74, 6) is -0.255. The van der Waals surface area contributed by atoms with Gasteiger partial charge < -0.3 is 5.32 Å². The molecule has 3 nitrogen and oxygen atoms in total. The molecule has 0 spiro atoms. The first-order valence-electron chi connectivity index (χ1n) is 3.60. The molecule has 0 aromatic heterocycles. The van der Waals surface area contributed by atoms with E-state index in [1.54, 1.807) is 6.07 Å². The van der Waals surface area contributed by atoms with E-state index in [0.29, 0.717) is 16.1 Å². The second kappa shape index (κ2) is 3.92. The number of nitrogens with zero attached hydrogens (tertiary/aromatic N) is 1. The lowest BCUT2D eigenvalue weighted by atomic mass is 10.1. The van der Waals surface area contributed by atoms with E-state index in [4.69, 9.17) is 16.9 Å². The summed E-state index contributed by atoms with van der Waals surface area (Å²) in [6.07, 6.45) is 0. The highest BCUT2D eigenvalue weighted by Gasteiger charge is 2.08. The van der Waals surface area contributed by atoms with Crippen LogP contribution < -0.4 is 5.32 Å². The monoisotopic (exact) mass is 194 g/mol. The Balaban J connectivity index is 3.14. The molecule has 0 atom stereocenters. The molecular weight excluding hydrogens is 188 g/mol. The third kappa shape index (κ3) is 1.98. The minimum Gasteiger partial charge on any atom is -0.355 e. The number of nitrogens with one attached hydrogen (secondary N) is 1. The molecule has 0 unspecified atom stereocenters. The fraction of sp³-hybridized carbons (Fsp3) is 0.111. The summed E-state index contributed by atoms with van der Waals surface area (Å²) < 4.78 is 0. The Morgan fingerprint density at radius 3 is 2.77 bits per heavy atom. The van der Waals surface area contributed by atoms with E-state index in [2.05, 4.69) is 5.32 Å². The third-order valence-electron chi connectivity index (χ3n) is 1.57. The topological polar surface area (TPSA) is 52.9 Å². The molecule has 0 heterocycles. The van der Waals surface area contributed by atoms with Crippen molar-refractivity contribution in [2.75, 3.05) is 7.05 Å². The Morgan fingerprint density at radius 1 is 1.62 bits per heavy atom. The smallest absolute Gasteiger partial charge is 0.252 e. The predicted molar refractivity (Wildman–Crippen MR) is 49.6 cm³/mol. The van der Waals surface area contributed by atoms with E-state index in [9.17, 15) is 4.79 Å². The molecule has 4 heteroatoms. The highest BCUT2D eigenvalue weighted by atomic mass is 35.5. The number of carbonyl (C=O) groups excluding carboxylic acids is 1. The van der Waals surface area contributed by atoms with Crippen molar-refractivity contribution in [1.29, 1.82) is 5.26 Å². The van der Waals surface area contributed by atoms with E-state index < -0.39 is 0 Å². The van der Waals surface area contributed by atoms with Gasteiger partial charge in [-0.3, -0.25) is 4.79 Å². The molecule has 0 radical (unpaired) electrons. The Bertz CT molecular complexity index is 382. The van der Waals surface area contributed by atoms with Gasteiger partial charge in [-0.25, -0.2) is 0 Å². The summed E-state index contributed by atoms with van der Waals surface area (Å²) >= 11 is 5.77. The molecule has 1 amide bonds. The van der Waals surface area contributed by atoms with Crippen LogP contribution in [0.5, 0.6) is 0 Å². The first kappa shape index (κ1) is 9.56. The van der Waals surface area contributed by atoms with Gasteiger partial charge in [-0.05, 0) is 18.2 Å². The maximum atomic E-state index is 11.2. The van der Waals surface area contributed by atoms with Crippen LogP contribution in [0, 0.1) is 11.3 Å². The van der Waals surface area contributed by atoms with Gasteiger partial charge in [-0.15, -0.1) is 0 Å². The molecule has 0 aliphatic carbocycles. The van der Waals surface area contributed by atoms with Crippen molar-refractivity contribution in [1.82, 2.24) is 5.32 Å². The normalized spacial score (nSPS) is 9.00. The number of carbonyl (C=O) groups is 1. The van der Waals surface area contributed by atoms with E-state index in [1.807, 2.05) is 6.07 Å². The van der Waals surface area contributed by atoms with Gasteiger partial charge >= 0.3 is 0 Å². The molecule has 13 heavy (non-hydrogen) atoms. The molecule has 0 aliphatic heterocycles. The zero-order chi connectivity index (χ0) is 9.84. The van der Waals surface area contributed by atoms with Gasteiger partial charge in [0.25, 0.3) is 5.91 Å². The Morgan fingerprint density at radius 2 is 2.31 bits per heavy atom. The standard InChI is InChI=1S/C9H7ClN2O/c1-12-9(13)7-3-2-6(5-11)4-8(7)10/h2-4H,1H3,(H,12,13). The number of hydrogen-bond acceptors (Lipinski definition) is 2. The number of benzene rings is 1. The van der Waals surface area contributed by atoms with Crippen molar-refractivity contribution in [3.63, 3.8) is 0 Å². The van der Waals surface area contributed by atoms with Crippen LogP contribution in [0.2, 0.25) is 5.02 Å². The summed E-state index contributed by atoms with van der Waals surface area (Å²) in [6, 6.07) is 6.48. The minimum atomic E-state index is -0.255. The lowest BCUT2D eigenvalue weighted by Gasteiger charge is -2.01. The van der Waals surface area contributed by atoms with Crippen LogP contribution in [0.15, 0.2) is 18.2 Å². The fourth-order valence-corrected chi connectivity index (χ4v) is 1.17. The van der Waals surface area contributed by atoms with E-state index in [-0.39, 0.29) is 5.91 Å². The largest absolute Gasteiger partial charge is 0.355 e. The molecule has 0 aliphatic rings. The molecule has 0 fully saturated rings. The zero-order valence-electron chi connectivity index (χ0n) is 6.97. The number of nitriles is 1. The van der Waals surface area contributed by atoms with Crippen molar-refractivity contribution in [2.24, 2.45) is 0 Å². The maximum absolute atomic E-state index is 11.2. The van der Waals surface area contributed by atoms with Crippen molar-refractivity contribution >= 4 is 17.5 Å². The van der Waals surface area contributed by atoms with Crippen LogP contribution in [-0.2, 0) is 0 Å². The Kier molecular flexibility index (Phi) is 2.88. The van der Waals surface area contributed by atoms with E-state index in [1.165, 1.54) is 19.2 Å². The van der Waals surface area contributed by atoms with Gasteiger partial charge in [0, 0.05) is 7.05 Å². The Labute approximate surface area is 80.9 Å². The highest BCUT2D eigenvalue weighted by molar-refractivity contribution is 6.33. The average Bonchev–Trinajstić information content (AvgIpc) is 2.16. The van der Waals surface area contributed by atoms with Crippen molar-refractivity contribution in [2.45, 2.75) is 0 Å². The number of amides is 1. The Hall–Kier alpha value is -1.53. The van der Waals surface area contributed by atoms with Crippen LogP contribution in [0.3, 0.4) is 0 Å². The molecule has 1 aromatic rings. The fourth-order valence-electron chi connectivity index (χ4n) is 0.903. The second-order valence-corrected chi connectivity index (χ2v) is 2.79. The molecular formula is C9H7ClN2O. The zero-order valence-corrected chi connectivity index (χ0v) is 7.72. The van der Waals surface area contributed by atoms with Gasteiger partial charge in [-0.2, -0.15) is 5.26 Å². The summed E-state index contributed by atoms with van der Waals surface area (Å²) in [5.41, 5.74) is 0.820. The molecule has 66 valence electrons. The molecule has 0 saturated carbocycles. The molecule has 0 bridgehead atoms. The number of hydrogen-bond donors (Lipinski definition) is 1. The van der Waals surface area contributed by atoms with Gasteiger partial charge in [0.1, 0.15) is 0 Å². The van der Waals surface area contributed by atoms with Crippen molar-refractivity contribution in [3.05, 3.63) is 34.3 Å². The van der Waals surface area contributed by atoms with Crippen molar-refractivity contribution in [3.8, 4) is 6.07 Å². The minimum absolute atomic E-state index is 0.255. The van der Waals surface area contributed by atoms with Gasteiger partial charge in [0.2, 0.25) is 0 Å². The van der Waals surface area contributed by atoms with Crippen LogP contribution in [-0.4, -0.2) is 13.0 Å². The maximum Gasteiger partial charge on any atom is 0.252 e. The van der Waals surface area contributed by atoms with Crippen molar-refractivity contribution < 1.29 is 4.79 Å². The molecule has 1 N–H and O–H groups in total. The quantitative estimate of drug-likeness (QED) is 0.738. The second-order valence-electron chi connectivity index (χ2n) is 2.39. The van der Waals surface area contributed by atoms with Crippen LogP contribution in [0.1, 0.15) is 15.9 Å². The first-order chi connectivity index (χ1) is 6.19. The van der Waals surface area contributed by atoms with Gasteiger partial charge in [0.05, 0.1) is 22.2 Å². The van der Waals surface area contributed by atoms with Gasteiger partial charge in [0.15, 0.2) is 0 Å². The molecule has 0 saturated heterocycles. The van der Waals surface area contributed by atoms with Crippen LogP contribution in [0.4, 0.5) is 0 Å². The highest BCUT2D eigenvalue weighted by Crippen LogP contribution is 2.17. The summed E-state index contributed by atoms with van der Waals surface area (Å²) in [6.45, 7) is 0. The summed E-state index contributed by atoms with van der Waals surface area (Å²) in [4.78, 5) is 11.2. The van der Waals surface area contributed by atoms with Crippen LogP contribution >= 0.6 is 11.6 Å².